The van der Waals surface area contributed by atoms with Gasteiger partial charge in [-0.25, -0.2) is 0 Å². The van der Waals surface area contributed by atoms with Crippen LogP contribution in [0.2, 0.25) is 0 Å². The normalized spacial score (nSPS) is 9.81. The van der Waals surface area contributed by atoms with Crippen molar-refractivity contribution in [1.82, 2.24) is 0 Å². The summed E-state index contributed by atoms with van der Waals surface area (Å²) in [6, 6.07) is 4.24. The van der Waals surface area contributed by atoms with Crippen LogP contribution in [0, 0.1) is 10.1 Å². The van der Waals surface area contributed by atoms with Crippen LogP contribution in [-0.4, -0.2) is 23.1 Å². The van der Waals surface area contributed by atoms with Gasteiger partial charge in [0.05, 0.1) is 18.1 Å². The number of methoxy groups -OCH3 is 1. The first-order chi connectivity index (χ1) is 7.52. The smallest absolute Gasteiger partial charge is 0.303 e. The Morgan fingerprint density at radius 2 is 2.19 bits per heavy atom. The van der Waals surface area contributed by atoms with Gasteiger partial charge in [-0.2, -0.15) is 0 Å². The van der Waals surface area contributed by atoms with Gasteiger partial charge in [-0.1, -0.05) is 0 Å². The predicted molar refractivity (Wildman–Crippen MR) is 55.6 cm³/mol. The summed E-state index contributed by atoms with van der Waals surface area (Å²) < 4.78 is 4.90. The minimum Gasteiger partial charge on any atom is -0.496 e. The second kappa shape index (κ2) is 5.11. The van der Waals surface area contributed by atoms with Gasteiger partial charge in [0.25, 0.3) is 5.69 Å². The van der Waals surface area contributed by atoms with Gasteiger partial charge in [-0.3, -0.25) is 14.9 Å². The topological polar surface area (TPSA) is 89.7 Å². The molecule has 1 N–H and O–H groups in total. The molecule has 0 saturated heterocycles. The summed E-state index contributed by atoms with van der Waals surface area (Å²) in [7, 11) is 1.40. The van der Waals surface area contributed by atoms with Crippen LogP contribution in [-0.2, 0) is 11.2 Å². The molecule has 0 amide bonds. The lowest BCUT2D eigenvalue weighted by Gasteiger charge is -2.03. The number of hydrogen-bond donors (Lipinski definition) is 1. The van der Waals surface area contributed by atoms with Gasteiger partial charge in [0, 0.05) is 12.5 Å². The Hall–Kier alpha value is -2.11. The Morgan fingerprint density at radius 3 is 2.69 bits per heavy atom. The van der Waals surface area contributed by atoms with Gasteiger partial charge in [0.2, 0.25) is 0 Å². The van der Waals surface area contributed by atoms with Gasteiger partial charge in [-0.05, 0) is 18.1 Å². The number of rotatable bonds is 5. The van der Waals surface area contributed by atoms with Crippen molar-refractivity contribution >= 4 is 11.7 Å². The van der Waals surface area contributed by atoms with E-state index in [0.29, 0.717) is 11.3 Å². The van der Waals surface area contributed by atoms with Crippen molar-refractivity contribution in [2.45, 2.75) is 12.8 Å². The molecule has 0 aliphatic heterocycles. The summed E-state index contributed by atoms with van der Waals surface area (Å²) in [4.78, 5) is 20.4. The van der Waals surface area contributed by atoms with Gasteiger partial charge in [0.15, 0.2) is 0 Å². The number of carbonyl (C=O) groups is 1. The van der Waals surface area contributed by atoms with E-state index in [1.165, 1.54) is 19.2 Å². The molecule has 0 bridgehead atoms. The molecule has 0 spiro atoms. The summed E-state index contributed by atoms with van der Waals surface area (Å²) in [5.74, 6) is -0.583. The number of non-ortho nitro benzene ring substituents is 1. The zero-order valence-electron chi connectivity index (χ0n) is 8.67. The van der Waals surface area contributed by atoms with Gasteiger partial charge >= 0.3 is 5.97 Å². The van der Waals surface area contributed by atoms with E-state index in [4.69, 9.17) is 9.84 Å². The minimum absolute atomic E-state index is 0.0652. The van der Waals surface area contributed by atoms with Crippen LogP contribution in [0.1, 0.15) is 12.0 Å². The van der Waals surface area contributed by atoms with E-state index in [1.807, 2.05) is 0 Å². The van der Waals surface area contributed by atoms with Crippen molar-refractivity contribution < 1.29 is 19.6 Å². The number of hydrogen-bond acceptors (Lipinski definition) is 4. The molecule has 16 heavy (non-hydrogen) atoms. The van der Waals surface area contributed by atoms with Crippen LogP contribution in [0.4, 0.5) is 5.69 Å². The number of aliphatic carboxylic acids is 1. The first kappa shape index (κ1) is 12.0. The van der Waals surface area contributed by atoms with Gasteiger partial charge in [0.1, 0.15) is 5.75 Å². The SMILES string of the molecule is COc1cc(CCC(=O)O)cc([N+](=O)[O-])c1. The largest absolute Gasteiger partial charge is 0.496 e. The molecule has 0 heterocycles. The maximum absolute atomic E-state index is 10.6. The Kier molecular flexibility index (Phi) is 3.82. The summed E-state index contributed by atoms with van der Waals surface area (Å²) in [6.07, 6.45) is 0.178. The van der Waals surface area contributed by atoms with Crippen LogP contribution in [0.5, 0.6) is 5.75 Å². The van der Waals surface area contributed by atoms with Crippen LogP contribution >= 0.6 is 0 Å². The van der Waals surface area contributed by atoms with Crippen LogP contribution < -0.4 is 4.74 Å². The molecule has 0 unspecified atom stereocenters. The average Bonchev–Trinajstić information content (AvgIpc) is 2.25. The van der Waals surface area contributed by atoms with Crippen LogP contribution in [0.25, 0.3) is 0 Å². The predicted octanol–water partition coefficient (Wildman–Crippen LogP) is 1.62. The van der Waals surface area contributed by atoms with E-state index in [-0.39, 0.29) is 18.5 Å². The zero-order valence-corrected chi connectivity index (χ0v) is 8.67. The number of nitro groups is 1. The number of benzene rings is 1. The quantitative estimate of drug-likeness (QED) is 0.607. The summed E-state index contributed by atoms with van der Waals surface area (Å²) in [5, 5.41) is 19.1. The molecule has 86 valence electrons. The third-order valence-electron chi connectivity index (χ3n) is 2.03. The number of nitro benzene ring substituents is 1. The third kappa shape index (κ3) is 3.23. The van der Waals surface area contributed by atoms with E-state index in [0.717, 1.165) is 0 Å². The first-order valence-electron chi connectivity index (χ1n) is 4.57. The van der Waals surface area contributed by atoms with Crippen LogP contribution in [0.3, 0.4) is 0 Å². The fourth-order valence-corrected chi connectivity index (χ4v) is 1.26. The van der Waals surface area contributed by atoms with Crippen molar-refractivity contribution in [3.63, 3.8) is 0 Å². The van der Waals surface area contributed by atoms with Crippen molar-refractivity contribution in [1.29, 1.82) is 0 Å². The van der Waals surface area contributed by atoms with E-state index in [1.54, 1.807) is 6.07 Å². The molecule has 1 aromatic rings. The molecule has 0 saturated carbocycles. The minimum atomic E-state index is -0.939. The molecule has 0 aliphatic carbocycles. The zero-order chi connectivity index (χ0) is 12.1. The van der Waals surface area contributed by atoms with E-state index >= 15 is 0 Å². The lowest BCUT2D eigenvalue weighted by molar-refractivity contribution is -0.385. The highest BCUT2D eigenvalue weighted by molar-refractivity contribution is 5.67. The number of ether oxygens (including phenoxy) is 1. The molecule has 6 heteroatoms. The first-order valence-corrected chi connectivity index (χ1v) is 4.57. The molecule has 1 aromatic carbocycles. The Balaban J connectivity index is 2.95. The number of nitrogens with zero attached hydrogens (tertiary/aromatic N) is 1. The molecule has 0 radical (unpaired) electrons. The lowest BCUT2D eigenvalue weighted by Crippen LogP contribution is -1.99. The van der Waals surface area contributed by atoms with Crippen molar-refractivity contribution in [3.05, 3.63) is 33.9 Å². The van der Waals surface area contributed by atoms with Crippen LogP contribution in [0.15, 0.2) is 18.2 Å². The average molecular weight is 225 g/mol. The molecular formula is C10H11NO5. The highest BCUT2D eigenvalue weighted by atomic mass is 16.6. The summed E-state index contributed by atoms with van der Waals surface area (Å²) in [6.45, 7) is 0. The molecule has 0 atom stereocenters. The maximum atomic E-state index is 10.6. The van der Waals surface area contributed by atoms with Gasteiger partial charge < -0.3 is 9.84 Å². The van der Waals surface area contributed by atoms with Crippen molar-refractivity contribution in [2.24, 2.45) is 0 Å². The number of carboxylic acid groups (broad SMARTS) is 1. The van der Waals surface area contributed by atoms with E-state index in [9.17, 15) is 14.9 Å². The van der Waals surface area contributed by atoms with Crippen molar-refractivity contribution in [3.8, 4) is 5.75 Å². The number of carboxylic acids is 1. The molecule has 0 aliphatic rings. The fourth-order valence-electron chi connectivity index (χ4n) is 1.26. The van der Waals surface area contributed by atoms with E-state index in [2.05, 4.69) is 0 Å². The summed E-state index contributed by atoms with van der Waals surface area (Å²) >= 11 is 0. The molecular weight excluding hydrogens is 214 g/mol. The highest BCUT2D eigenvalue weighted by Crippen LogP contribution is 2.23. The summed E-state index contributed by atoms with van der Waals surface area (Å²) in [5.41, 5.74) is 0.480. The Bertz CT molecular complexity index is 416. The molecule has 0 aromatic heterocycles. The molecule has 1 rings (SSSR count). The fraction of sp³-hybridized carbons (Fsp3) is 0.300. The molecule has 0 fully saturated rings. The second-order valence-electron chi connectivity index (χ2n) is 3.19. The standard InChI is InChI=1S/C10H11NO5/c1-16-9-5-7(2-3-10(12)13)4-8(6-9)11(14)15/h4-6H,2-3H2,1H3,(H,12,13). The third-order valence-corrected chi connectivity index (χ3v) is 2.03. The Morgan fingerprint density at radius 1 is 1.50 bits per heavy atom. The van der Waals surface area contributed by atoms with Gasteiger partial charge in [-0.15, -0.1) is 0 Å². The second-order valence-corrected chi connectivity index (χ2v) is 3.19. The monoisotopic (exact) mass is 225 g/mol. The van der Waals surface area contributed by atoms with E-state index < -0.39 is 10.9 Å². The molecule has 6 nitrogen and oxygen atoms in total. The Labute approximate surface area is 91.6 Å². The van der Waals surface area contributed by atoms with Crippen molar-refractivity contribution in [2.75, 3.05) is 7.11 Å². The maximum Gasteiger partial charge on any atom is 0.303 e. The lowest BCUT2D eigenvalue weighted by atomic mass is 10.1. The number of aryl methyl sites for hydroxylation is 1. The highest BCUT2D eigenvalue weighted by Gasteiger charge is 2.10.